The highest BCUT2D eigenvalue weighted by Crippen LogP contribution is 2.25. The summed E-state index contributed by atoms with van der Waals surface area (Å²) < 4.78 is 1.54. The number of nitrogens with two attached hydrogens (primary N) is 1. The highest BCUT2D eigenvalue weighted by Gasteiger charge is 2.30. The zero-order valence-corrected chi connectivity index (χ0v) is 12.2. The summed E-state index contributed by atoms with van der Waals surface area (Å²) in [6.07, 6.45) is 4.31. The summed E-state index contributed by atoms with van der Waals surface area (Å²) in [5.41, 5.74) is 7.47. The Labute approximate surface area is 128 Å². The van der Waals surface area contributed by atoms with Crippen molar-refractivity contribution in [2.45, 2.75) is 25.3 Å². The van der Waals surface area contributed by atoms with Crippen molar-refractivity contribution in [3.63, 3.8) is 0 Å². The lowest BCUT2D eigenvalue weighted by atomic mass is 10.0. The van der Waals surface area contributed by atoms with Gasteiger partial charge >= 0.3 is 0 Å². The van der Waals surface area contributed by atoms with Crippen molar-refractivity contribution >= 4 is 24.0 Å². The second-order valence-electron chi connectivity index (χ2n) is 5.00. The molecule has 1 saturated carbocycles. The van der Waals surface area contributed by atoms with Gasteiger partial charge in [-0.05, 0) is 41.5 Å². The van der Waals surface area contributed by atoms with Crippen molar-refractivity contribution in [1.82, 2.24) is 20.2 Å². The van der Waals surface area contributed by atoms with Gasteiger partial charge < -0.3 is 11.1 Å². The molecule has 1 fully saturated rings. The van der Waals surface area contributed by atoms with Crippen LogP contribution in [0.15, 0.2) is 30.6 Å². The topological polar surface area (TPSA) is 98.7 Å². The van der Waals surface area contributed by atoms with Crippen LogP contribution in [0.2, 0.25) is 0 Å². The average molecular weight is 309 g/mol. The molecule has 8 heteroatoms. The molecule has 0 saturated heterocycles. The Balaban J connectivity index is 0.00000161. The number of hydrogen-bond donors (Lipinski definition) is 2. The van der Waals surface area contributed by atoms with Gasteiger partial charge in [-0.1, -0.05) is 12.5 Å². The fraction of sp³-hybridized carbons (Fsp3) is 0.385. The fourth-order valence-corrected chi connectivity index (χ4v) is 2.55. The summed E-state index contributed by atoms with van der Waals surface area (Å²) in [7, 11) is 0. The summed E-state index contributed by atoms with van der Waals surface area (Å²) in [6, 6.07) is 7.35. The first-order valence-corrected chi connectivity index (χ1v) is 6.64. The third kappa shape index (κ3) is 3.37. The number of benzene rings is 1. The quantitative estimate of drug-likeness (QED) is 0.886. The molecule has 1 aliphatic rings. The molecule has 112 valence electrons. The monoisotopic (exact) mass is 308 g/mol. The molecule has 1 aromatic carbocycles. The van der Waals surface area contributed by atoms with E-state index < -0.39 is 0 Å². The first-order valence-electron chi connectivity index (χ1n) is 6.64. The highest BCUT2D eigenvalue weighted by atomic mass is 35.5. The maximum absolute atomic E-state index is 12.2. The largest absolute Gasteiger partial charge is 0.327 e. The zero-order valence-electron chi connectivity index (χ0n) is 11.3. The van der Waals surface area contributed by atoms with E-state index in [0.717, 1.165) is 30.6 Å². The predicted molar refractivity (Wildman–Crippen MR) is 80.3 cm³/mol. The van der Waals surface area contributed by atoms with Crippen LogP contribution in [0.1, 0.15) is 19.3 Å². The lowest BCUT2D eigenvalue weighted by molar-refractivity contribution is -0.120. The molecule has 1 aliphatic carbocycles. The van der Waals surface area contributed by atoms with Crippen LogP contribution < -0.4 is 11.1 Å². The van der Waals surface area contributed by atoms with Crippen LogP contribution in [0.5, 0.6) is 0 Å². The van der Waals surface area contributed by atoms with Gasteiger partial charge in [0.2, 0.25) is 5.91 Å². The van der Waals surface area contributed by atoms with Crippen molar-refractivity contribution in [3.8, 4) is 5.69 Å². The molecule has 3 rings (SSSR count). The Morgan fingerprint density at radius 1 is 1.38 bits per heavy atom. The Morgan fingerprint density at radius 3 is 2.90 bits per heavy atom. The molecule has 3 N–H and O–H groups in total. The molecule has 2 atom stereocenters. The maximum atomic E-state index is 12.2. The molecule has 21 heavy (non-hydrogen) atoms. The summed E-state index contributed by atoms with van der Waals surface area (Å²) in [4.78, 5) is 12.2. The minimum atomic E-state index is -0.0910. The first kappa shape index (κ1) is 15.4. The van der Waals surface area contributed by atoms with Gasteiger partial charge in [0.05, 0.1) is 11.6 Å². The van der Waals surface area contributed by atoms with Gasteiger partial charge in [0.1, 0.15) is 6.33 Å². The Bertz CT molecular complexity index is 602. The van der Waals surface area contributed by atoms with Gasteiger partial charge in [0.15, 0.2) is 0 Å². The average Bonchev–Trinajstić information content (AvgIpc) is 3.09. The predicted octanol–water partition coefficient (Wildman–Crippen LogP) is 1.15. The van der Waals surface area contributed by atoms with Crippen LogP contribution in [-0.2, 0) is 4.79 Å². The SMILES string of the molecule is Cl.NC1CCCC1C(=O)Nc1cccc(-n2cnnn2)c1. The van der Waals surface area contributed by atoms with Gasteiger partial charge in [0.25, 0.3) is 0 Å². The van der Waals surface area contributed by atoms with Gasteiger partial charge in [-0.15, -0.1) is 17.5 Å². The number of anilines is 1. The number of carbonyl (C=O) groups is 1. The number of rotatable bonds is 3. The molecule has 0 radical (unpaired) electrons. The van der Waals surface area contributed by atoms with Gasteiger partial charge in [-0.2, -0.15) is 0 Å². The highest BCUT2D eigenvalue weighted by molar-refractivity contribution is 5.93. The number of hydrogen-bond acceptors (Lipinski definition) is 5. The molecule has 0 spiro atoms. The van der Waals surface area contributed by atoms with Crippen molar-refractivity contribution in [2.24, 2.45) is 11.7 Å². The maximum Gasteiger partial charge on any atom is 0.229 e. The van der Waals surface area contributed by atoms with Crippen LogP contribution in [-0.4, -0.2) is 32.2 Å². The van der Waals surface area contributed by atoms with Gasteiger partial charge in [0, 0.05) is 11.7 Å². The van der Waals surface area contributed by atoms with E-state index in [2.05, 4.69) is 20.8 Å². The lowest BCUT2D eigenvalue weighted by Gasteiger charge is -2.15. The van der Waals surface area contributed by atoms with Gasteiger partial charge in [-0.3, -0.25) is 4.79 Å². The zero-order chi connectivity index (χ0) is 13.9. The number of halogens is 1. The summed E-state index contributed by atoms with van der Waals surface area (Å²) >= 11 is 0. The van der Waals surface area contributed by atoms with Crippen molar-refractivity contribution < 1.29 is 4.79 Å². The van der Waals surface area contributed by atoms with E-state index in [0.29, 0.717) is 0 Å². The lowest BCUT2D eigenvalue weighted by Crippen LogP contribution is -2.34. The van der Waals surface area contributed by atoms with Crippen LogP contribution >= 0.6 is 12.4 Å². The smallest absolute Gasteiger partial charge is 0.229 e. The molecule has 1 aromatic heterocycles. The van der Waals surface area contributed by atoms with E-state index in [1.807, 2.05) is 24.3 Å². The molecule has 1 amide bonds. The second kappa shape index (κ2) is 6.64. The minimum Gasteiger partial charge on any atom is -0.327 e. The van der Waals surface area contributed by atoms with Gasteiger partial charge in [-0.25, -0.2) is 4.68 Å². The van der Waals surface area contributed by atoms with Crippen LogP contribution in [0, 0.1) is 5.92 Å². The Hall–Kier alpha value is -1.99. The molecule has 2 unspecified atom stereocenters. The summed E-state index contributed by atoms with van der Waals surface area (Å²) in [6.45, 7) is 0. The van der Waals surface area contributed by atoms with Crippen LogP contribution in [0.3, 0.4) is 0 Å². The molecular formula is C13H17ClN6O. The van der Waals surface area contributed by atoms with E-state index in [1.54, 1.807) is 0 Å². The third-order valence-corrected chi connectivity index (χ3v) is 3.63. The van der Waals surface area contributed by atoms with Crippen molar-refractivity contribution in [2.75, 3.05) is 5.32 Å². The van der Waals surface area contributed by atoms with Crippen LogP contribution in [0.25, 0.3) is 5.69 Å². The number of nitrogens with one attached hydrogen (secondary N) is 1. The van der Waals surface area contributed by atoms with E-state index in [-0.39, 0.29) is 30.3 Å². The normalized spacial score (nSPS) is 20.8. The number of nitrogens with zero attached hydrogens (tertiary/aromatic N) is 4. The van der Waals surface area contributed by atoms with E-state index in [9.17, 15) is 4.79 Å². The molecule has 1 heterocycles. The van der Waals surface area contributed by atoms with Crippen molar-refractivity contribution in [1.29, 1.82) is 0 Å². The van der Waals surface area contributed by atoms with E-state index in [1.165, 1.54) is 11.0 Å². The minimum absolute atomic E-state index is 0. The third-order valence-electron chi connectivity index (χ3n) is 3.63. The van der Waals surface area contributed by atoms with Crippen LogP contribution in [0.4, 0.5) is 5.69 Å². The standard InChI is InChI=1S/C13H16N6O.ClH/c14-12-6-2-5-11(12)13(20)16-9-3-1-4-10(7-9)19-8-15-17-18-19;/h1,3-4,7-8,11-12H,2,5-6,14H2,(H,16,20);1H. The molecule has 0 aliphatic heterocycles. The number of tetrazole rings is 1. The van der Waals surface area contributed by atoms with Crippen molar-refractivity contribution in [3.05, 3.63) is 30.6 Å². The number of amides is 1. The summed E-state index contributed by atoms with van der Waals surface area (Å²) in [5, 5.41) is 13.9. The molecule has 7 nitrogen and oxygen atoms in total. The molecule has 0 bridgehead atoms. The van der Waals surface area contributed by atoms with E-state index >= 15 is 0 Å². The number of carbonyl (C=O) groups excluding carboxylic acids is 1. The fourth-order valence-electron chi connectivity index (χ4n) is 2.55. The van der Waals surface area contributed by atoms with E-state index in [4.69, 9.17) is 5.73 Å². The summed E-state index contributed by atoms with van der Waals surface area (Å²) in [5.74, 6) is -0.101. The first-order chi connectivity index (χ1) is 9.74. The molecule has 2 aromatic rings. The number of aromatic nitrogens is 4. The Kier molecular flexibility index (Phi) is 4.87. The Morgan fingerprint density at radius 2 is 2.24 bits per heavy atom. The molecular weight excluding hydrogens is 292 g/mol. The second-order valence-corrected chi connectivity index (χ2v) is 5.00.